The van der Waals surface area contributed by atoms with Crippen molar-refractivity contribution in [2.75, 3.05) is 14.2 Å². The van der Waals surface area contributed by atoms with Gasteiger partial charge < -0.3 is 4.74 Å². The first-order valence-electron chi connectivity index (χ1n) is 7.71. The summed E-state index contributed by atoms with van der Waals surface area (Å²) < 4.78 is 7.36. The Morgan fingerprint density at radius 2 is 1.96 bits per heavy atom. The fourth-order valence-corrected chi connectivity index (χ4v) is 2.87. The van der Waals surface area contributed by atoms with Crippen LogP contribution in [0.2, 0.25) is 5.15 Å². The number of aryl methyl sites for hydroxylation is 1. The highest BCUT2D eigenvalue weighted by Gasteiger charge is 2.20. The molecule has 0 bridgehead atoms. The maximum Gasteiger partial charge on any atom is 0.277 e. The van der Waals surface area contributed by atoms with Gasteiger partial charge in [0.15, 0.2) is 0 Å². The molecule has 26 heavy (non-hydrogen) atoms. The van der Waals surface area contributed by atoms with Crippen molar-refractivity contribution in [3.63, 3.8) is 0 Å². The second-order valence-electron chi connectivity index (χ2n) is 5.45. The van der Waals surface area contributed by atoms with E-state index in [1.165, 1.54) is 13.3 Å². The number of aromatic nitrogens is 3. The molecule has 0 aliphatic rings. The number of hydrogen-bond acceptors (Lipinski definition) is 5. The van der Waals surface area contributed by atoms with Gasteiger partial charge >= 0.3 is 0 Å². The van der Waals surface area contributed by atoms with E-state index in [-0.39, 0.29) is 5.15 Å². The quantitative estimate of drug-likeness (QED) is 0.550. The van der Waals surface area contributed by atoms with Gasteiger partial charge in [0, 0.05) is 36.1 Å². The lowest BCUT2D eigenvalue weighted by Crippen LogP contribution is -2.22. The Balaban J connectivity index is 2.22. The molecule has 1 N–H and O–H groups in total. The minimum Gasteiger partial charge on any atom is -0.495 e. The number of halogens is 1. The Hall–Kier alpha value is -2.90. The van der Waals surface area contributed by atoms with Crippen LogP contribution in [0.25, 0.3) is 22.4 Å². The molecule has 3 rings (SSSR count). The summed E-state index contributed by atoms with van der Waals surface area (Å²) in [6.45, 7) is 0. The lowest BCUT2D eigenvalue weighted by atomic mass is 9.97. The van der Waals surface area contributed by atoms with Crippen LogP contribution < -0.4 is 10.2 Å². The molecule has 0 saturated heterocycles. The van der Waals surface area contributed by atoms with Crippen LogP contribution in [-0.4, -0.2) is 34.9 Å². The standard InChI is InChI=1S/C18H17ClN4O3/c1-23-8-7-15(21-23)12-6-4-5-11(17(12)25-2)13-9-16(19)20-10-14(13)18(24)22-26-3/h4-10H,1-3H3,(H,22,24). The predicted molar refractivity (Wildman–Crippen MR) is 97.9 cm³/mol. The van der Waals surface area contributed by atoms with Crippen LogP contribution >= 0.6 is 11.6 Å². The Labute approximate surface area is 155 Å². The summed E-state index contributed by atoms with van der Waals surface area (Å²) in [5, 5.41) is 4.69. The van der Waals surface area contributed by atoms with E-state index < -0.39 is 5.91 Å². The molecule has 0 unspecified atom stereocenters. The molecule has 2 aromatic heterocycles. The van der Waals surface area contributed by atoms with E-state index in [2.05, 4.69) is 15.6 Å². The number of methoxy groups -OCH3 is 1. The smallest absolute Gasteiger partial charge is 0.277 e. The van der Waals surface area contributed by atoms with E-state index in [4.69, 9.17) is 21.2 Å². The Bertz CT molecular complexity index is 955. The molecule has 0 radical (unpaired) electrons. The monoisotopic (exact) mass is 372 g/mol. The van der Waals surface area contributed by atoms with Crippen molar-refractivity contribution in [3.8, 4) is 28.1 Å². The van der Waals surface area contributed by atoms with Crippen LogP contribution in [0.5, 0.6) is 5.75 Å². The Morgan fingerprint density at radius 3 is 2.62 bits per heavy atom. The van der Waals surface area contributed by atoms with Crippen LogP contribution in [0, 0.1) is 0 Å². The zero-order valence-electron chi connectivity index (χ0n) is 14.5. The molecule has 0 spiro atoms. The summed E-state index contributed by atoms with van der Waals surface area (Å²) in [6.07, 6.45) is 3.25. The van der Waals surface area contributed by atoms with Crippen LogP contribution in [0.3, 0.4) is 0 Å². The number of para-hydroxylation sites is 1. The highest BCUT2D eigenvalue weighted by molar-refractivity contribution is 6.29. The zero-order valence-corrected chi connectivity index (χ0v) is 15.2. The first-order valence-corrected chi connectivity index (χ1v) is 8.09. The summed E-state index contributed by atoms with van der Waals surface area (Å²) >= 11 is 6.07. The molecule has 1 aromatic carbocycles. The van der Waals surface area contributed by atoms with Crippen LogP contribution in [0.1, 0.15) is 10.4 Å². The van der Waals surface area contributed by atoms with Gasteiger partial charge in [-0.25, -0.2) is 10.5 Å². The first kappa shape index (κ1) is 17.9. The van der Waals surface area contributed by atoms with Crippen molar-refractivity contribution in [2.45, 2.75) is 0 Å². The van der Waals surface area contributed by atoms with Crippen LogP contribution in [0.15, 0.2) is 42.7 Å². The van der Waals surface area contributed by atoms with E-state index in [1.54, 1.807) is 17.9 Å². The minimum atomic E-state index is -0.433. The number of hydrogen-bond donors (Lipinski definition) is 1. The lowest BCUT2D eigenvalue weighted by molar-refractivity contribution is 0.0538. The number of carbonyl (C=O) groups excluding carboxylic acids is 1. The Kier molecular flexibility index (Phi) is 5.20. The number of nitrogens with zero attached hydrogens (tertiary/aromatic N) is 3. The first-order chi connectivity index (χ1) is 12.5. The summed E-state index contributed by atoms with van der Waals surface area (Å²) in [6, 6.07) is 9.13. The van der Waals surface area contributed by atoms with Gasteiger partial charge in [-0.2, -0.15) is 5.10 Å². The number of nitrogens with one attached hydrogen (secondary N) is 1. The van der Waals surface area contributed by atoms with Crippen molar-refractivity contribution in [3.05, 3.63) is 53.4 Å². The molecular formula is C18H17ClN4O3. The maximum atomic E-state index is 12.3. The predicted octanol–water partition coefficient (Wildman–Crippen LogP) is 3.10. The molecule has 0 saturated carbocycles. The van der Waals surface area contributed by atoms with Crippen molar-refractivity contribution < 1.29 is 14.4 Å². The van der Waals surface area contributed by atoms with Gasteiger partial charge in [-0.15, -0.1) is 0 Å². The van der Waals surface area contributed by atoms with Gasteiger partial charge in [-0.3, -0.25) is 14.3 Å². The van der Waals surface area contributed by atoms with Crippen molar-refractivity contribution in [1.29, 1.82) is 0 Å². The second-order valence-corrected chi connectivity index (χ2v) is 5.84. The fourth-order valence-electron chi connectivity index (χ4n) is 2.71. The topological polar surface area (TPSA) is 78.3 Å². The molecule has 0 aliphatic carbocycles. The molecule has 0 aliphatic heterocycles. The van der Waals surface area contributed by atoms with E-state index in [0.717, 1.165) is 11.3 Å². The van der Waals surface area contributed by atoms with Crippen LogP contribution in [0.4, 0.5) is 0 Å². The minimum absolute atomic E-state index is 0.263. The van der Waals surface area contributed by atoms with Crippen molar-refractivity contribution in [1.82, 2.24) is 20.2 Å². The van der Waals surface area contributed by atoms with E-state index in [9.17, 15) is 4.79 Å². The van der Waals surface area contributed by atoms with Crippen molar-refractivity contribution in [2.24, 2.45) is 7.05 Å². The number of carbonyl (C=O) groups is 1. The Morgan fingerprint density at radius 1 is 1.19 bits per heavy atom. The summed E-state index contributed by atoms with van der Waals surface area (Å²) in [4.78, 5) is 21.1. The molecule has 2 heterocycles. The molecule has 0 atom stereocenters. The normalized spacial score (nSPS) is 10.6. The summed E-state index contributed by atoms with van der Waals surface area (Å²) in [7, 11) is 4.78. The average molecular weight is 373 g/mol. The van der Waals surface area contributed by atoms with Gasteiger partial charge in [0.05, 0.1) is 25.5 Å². The van der Waals surface area contributed by atoms with Gasteiger partial charge in [0.1, 0.15) is 10.9 Å². The molecule has 1 amide bonds. The van der Waals surface area contributed by atoms with E-state index in [1.807, 2.05) is 37.5 Å². The number of hydroxylamine groups is 1. The number of amides is 1. The molecule has 8 heteroatoms. The summed E-state index contributed by atoms with van der Waals surface area (Å²) in [5.74, 6) is 0.150. The number of rotatable bonds is 5. The van der Waals surface area contributed by atoms with E-state index >= 15 is 0 Å². The van der Waals surface area contributed by atoms with E-state index in [0.29, 0.717) is 22.4 Å². The molecule has 134 valence electrons. The molecule has 0 fully saturated rings. The maximum absolute atomic E-state index is 12.3. The molecule has 7 nitrogen and oxygen atoms in total. The third-order valence-corrected chi connectivity index (χ3v) is 4.02. The SMILES string of the molecule is CONC(=O)c1cnc(Cl)cc1-c1cccc(-c2ccn(C)n2)c1OC. The highest BCUT2D eigenvalue weighted by Crippen LogP contribution is 2.39. The lowest BCUT2D eigenvalue weighted by Gasteiger charge is -2.15. The highest BCUT2D eigenvalue weighted by atomic mass is 35.5. The van der Waals surface area contributed by atoms with Gasteiger partial charge in [-0.1, -0.05) is 23.7 Å². The van der Waals surface area contributed by atoms with Crippen LogP contribution in [-0.2, 0) is 11.9 Å². The number of ether oxygens (including phenoxy) is 1. The average Bonchev–Trinajstić information content (AvgIpc) is 3.07. The third kappa shape index (κ3) is 3.40. The third-order valence-electron chi connectivity index (χ3n) is 3.81. The van der Waals surface area contributed by atoms with Gasteiger partial charge in [-0.05, 0) is 18.2 Å². The fraction of sp³-hybridized carbons (Fsp3) is 0.167. The second kappa shape index (κ2) is 7.55. The van der Waals surface area contributed by atoms with Gasteiger partial charge in [0.25, 0.3) is 5.91 Å². The van der Waals surface area contributed by atoms with Crippen molar-refractivity contribution >= 4 is 17.5 Å². The molecular weight excluding hydrogens is 356 g/mol. The van der Waals surface area contributed by atoms with Gasteiger partial charge in [0.2, 0.25) is 0 Å². The molecule has 3 aromatic rings. The summed E-state index contributed by atoms with van der Waals surface area (Å²) in [5.41, 5.74) is 5.45. The number of benzene rings is 1. The zero-order chi connectivity index (χ0) is 18.7. The number of pyridine rings is 1. The largest absolute Gasteiger partial charge is 0.495 e.